The lowest BCUT2D eigenvalue weighted by Crippen LogP contribution is -2.20. The minimum absolute atomic E-state index is 0.312. The minimum atomic E-state index is 0.312. The molecule has 0 spiro atoms. The van der Waals surface area contributed by atoms with Crippen LogP contribution in [-0.4, -0.2) is 26.4 Å². The van der Waals surface area contributed by atoms with E-state index in [1.807, 2.05) is 24.3 Å². The van der Waals surface area contributed by atoms with Gasteiger partial charge in [0, 0.05) is 32.2 Å². The van der Waals surface area contributed by atoms with Gasteiger partial charge in [-0.25, -0.2) is 0 Å². The molecule has 0 amide bonds. The fourth-order valence-electron chi connectivity index (χ4n) is 2.85. The normalized spacial score (nSPS) is 14.8. The lowest BCUT2D eigenvalue weighted by molar-refractivity contribution is 0.169. The van der Waals surface area contributed by atoms with Crippen LogP contribution in [0.5, 0.6) is 11.5 Å². The molecule has 4 heteroatoms. The van der Waals surface area contributed by atoms with Gasteiger partial charge in [0.25, 0.3) is 0 Å². The molecule has 4 nitrogen and oxygen atoms in total. The second-order valence-corrected chi connectivity index (χ2v) is 6.84. The summed E-state index contributed by atoms with van der Waals surface area (Å²) in [5, 5.41) is 3.63. The van der Waals surface area contributed by atoms with Gasteiger partial charge in [-0.2, -0.15) is 0 Å². The summed E-state index contributed by atoms with van der Waals surface area (Å²) in [6.45, 7) is 4.04. The Morgan fingerprint density at radius 2 is 1.81 bits per heavy atom. The highest BCUT2D eigenvalue weighted by Crippen LogP contribution is 2.32. The number of methoxy groups -OCH3 is 1. The average molecular weight is 355 g/mol. The monoisotopic (exact) mass is 355 g/mol. The predicted molar refractivity (Wildman–Crippen MR) is 104 cm³/mol. The third-order valence-corrected chi connectivity index (χ3v) is 4.52. The smallest absolute Gasteiger partial charge is 0.161 e. The van der Waals surface area contributed by atoms with E-state index in [0.29, 0.717) is 31.9 Å². The number of ether oxygens (including phenoxy) is 3. The summed E-state index contributed by atoms with van der Waals surface area (Å²) in [4.78, 5) is 0. The maximum absolute atomic E-state index is 6.03. The van der Waals surface area contributed by atoms with Crippen LogP contribution < -0.4 is 14.8 Å². The second kappa shape index (κ2) is 9.60. The Balaban J connectivity index is 1.68. The first-order valence-electron chi connectivity index (χ1n) is 9.44. The molecule has 1 atom stereocenters. The topological polar surface area (TPSA) is 39.7 Å². The summed E-state index contributed by atoms with van der Waals surface area (Å²) < 4.78 is 17.1. The number of benzene rings is 2. The van der Waals surface area contributed by atoms with Crippen LogP contribution in [0.1, 0.15) is 43.4 Å². The molecular formula is C22H29NO3. The minimum Gasteiger partial charge on any atom is -0.490 e. The van der Waals surface area contributed by atoms with Crippen LogP contribution in [0.3, 0.4) is 0 Å². The maximum Gasteiger partial charge on any atom is 0.161 e. The second-order valence-electron chi connectivity index (χ2n) is 6.84. The van der Waals surface area contributed by atoms with Crippen LogP contribution in [-0.2, 0) is 11.3 Å². The van der Waals surface area contributed by atoms with Crippen LogP contribution in [0.4, 0.5) is 0 Å². The van der Waals surface area contributed by atoms with Gasteiger partial charge in [-0.3, -0.25) is 0 Å². The van der Waals surface area contributed by atoms with E-state index in [2.05, 4.69) is 36.5 Å². The lowest BCUT2D eigenvalue weighted by atomic mass is 10.1. The molecular weight excluding hydrogens is 326 g/mol. The number of rotatable bonds is 11. The van der Waals surface area contributed by atoms with Gasteiger partial charge in [-0.05, 0) is 43.0 Å². The molecule has 1 aliphatic carbocycles. The molecule has 1 N–H and O–H groups in total. The van der Waals surface area contributed by atoms with E-state index in [0.717, 1.165) is 23.5 Å². The van der Waals surface area contributed by atoms with Crippen molar-refractivity contribution in [2.75, 3.05) is 20.3 Å². The molecule has 2 aromatic rings. The van der Waals surface area contributed by atoms with Crippen LogP contribution in [0, 0.1) is 0 Å². The first-order valence-corrected chi connectivity index (χ1v) is 9.44. The fraction of sp³-hybridized carbons (Fsp3) is 0.455. The Hall–Kier alpha value is -2.04. The highest BCUT2D eigenvalue weighted by Gasteiger charge is 2.23. The van der Waals surface area contributed by atoms with Crippen molar-refractivity contribution in [2.45, 2.75) is 44.9 Å². The van der Waals surface area contributed by atoms with E-state index in [1.165, 1.54) is 18.4 Å². The van der Waals surface area contributed by atoms with Gasteiger partial charge in [0.05, 0.1) is 6.61 Å². The largest absolute Gasteiger partial charge is 0.490 e. The van der Waals surface area contributed by atoms with Crippen molar-refractivity contribution in [1.82, 2.24) is 5.32 Å². The predicted octanol–water partition coefficient (Wildman–Crippen LogP) is 4.49. The lowest BCUT2D eigenvalue weighted by Gasteiger charge is -2.18. The number of nitrogens with one attached hydrogen (secondary N) is 1. The molecule has 0 bridgehead atoms. The van der Waals surface area contributed by atoms with Crippen molar-refractivity contribution >= 4 is 0 Å². The molecule has 2 aromatic carbocycles. The Kier molecular flexibility index (Phi) is 6.92. The van der Waals surface area contributed by atoms with Crippen molar-refractivity contribution in [3.63, 3.8) is 0 Å². The third kappa shape index (κ3) is 5.75. The van der Waals surface area contributed by atoms with E-state index in [9.17, 15) is 0 Å². The summed E-state index contributed by atoms with van der Waals surface area (Å²) >= 11 is 0. The molecule has 0 aliphatic heterocycles. The van der Waals surface area contributed by atoms with Gasteiger partial charge in [0.15, 0.2) is 11.5 Å². The molecule has 1 saturated carbocycles. The van der Waals surface area contributed by atoms with Gasteiger partial charge in [-0.1, -0.05) is 36.4 Å². The van der Waals surface area contributed by atoms with Crippen LogP contribution in [0.25, 0.3) is 0 Å². The zero-order valence-corrected chi connectivity index (χ0v) is 15.7. The van der Waals surface area contributed by atoms with E-state index < -0.39 is 0 Å². The summed E-state index contributed by atoms with van der Waals surface area (Å²) in [5.74, 6) is 1.59. The molecule has 1 aliphatic rings. The van der Waals surface area contributed by atoms with Crippen LogP contribution in [0.2, 0.25) is 0 Å². The zero-order chi connectivity index (χ0) is 18.2. The molecule has 1 unspecified atom stereocenters. The standard InChI is InChI=1S/C22H29NO3/c1-17(23-20-10-11-20)19-9-12-21(22(15-19)25-14-6-13-24-2)26-16-18-7-4-3-5-8-18/h3-5,7-9,12,15,17,20,23H,6,10-11,13-14,16H2,1-2H3. The Morgan fingerprint density at radius 3 is 2.54 bits per heavy atom. The summed E-state index contributed by atoms with van der Waals surface area (Å²) in [7, 11) is 1.71. The van der Waals surface area contributed by atoms with Gasteiger partial charge in [0.1, 0.15) is 6.61 Å². The molecule has 0 radical (unpaired) electrons. The summed E-state index contributed by atoms with van der Waals surface area (Å²) in [6.07, 6.45) is 3.42. The molecule has 0 aromatic heterocycles. The average Bonchev–Trinajstić information content (AvgIpc) is 3.49. The van der Waals surface area contributed by atoms with Crippen molar-refractivity contribution in [2.24, 2.45) is 0 Å². The van der Waals surface area contributed by atoms with Crippen LogP contribution >= 0.6 is 0 Å². The Labute approximate surface area is 156 Å². The summed E-state index contributed by atoms with van der Waals surface area (Å²) in [6, 6.07) is 17.4. The quantitative estimate of drug-likeness (QED) is 0.603. The van der Waals surface area contributed by atoms with Crippen molar-refractivity contribution in [3.8, 4) is 11.5 Å². The van der Waals surface area contributed by atoms with Gasteiger partial charge >= 0.3 is 0 Å². The van der Waals surface area contributed by atoms with E-state index >= 15 is 0 Å². The van der Waals surface area contributed by atoms with Gasteiger partial charge < -0.3 is 19.5 Å². The molecule has 3 rings (SSSR count). The number of hydrogen-bond donors (Lipinski definition) is 1. The SMILES string of the molecule is COCCCOc1cc(C(C)NC2CC2)ccc1OCc1ccccc1. The molecule has 0 saturated heterocycles. The van der Waals surface area contributed by atoms with E-state index in [1.54, 1.807) is 7.11 Å². The van der Waals surface area contributed by atoms with E-state index in [4.69, 9.17) is 14.2 Å². The number of hydrogen-bond acceptors (Lipinski definition) is 4. The Bertz CT molecular complexity index is 670. The highest BCUT2D eigenvalue weighted by molar-refractivity contribution is 5.44. The zero-order valence-electron chi connectivity index (χ0n) is 15.7. The van der Waals surface area contributed by atoms with Crippen molar-refractivity contribution in [1.29, 1.82) is 0 Å². The molecule has 0 heterocycles. The highest BCUT2D eigenvalue weighted by atomic mass is 16.5. The molecule has 26 heavy (non-hydrogen) atoms. The Morgan fingerprint density at radius 1 is 1.00 bits per heavy atom. The van der Waals surface area contributed by atoms with Crippen molar-refractivity contribution < 1.29 is 14.2 Å². The van der Waals surface area contributed by atoms with Gasteiger partial charge in [-0.15, -0.1) is 0 Å². The summed E-state index contributed by atoms with van der Waals surface area (Å²) in [5.41, 5.74) is 2.37. The maximum atomic E-state index is 6.03. The fourth-order valence-corrected chi connectivity index (χ4v) is 2.85. The first kappa shape index (κ1) is 18.7. The van der Waals surface area contributed by atoms with E-state index in [-0.39, 0.29) is 0 Å². The molecule has 1 fully saturated rings. The first-order chi connectivity index (χ1) is 12.8. The van der Waals surface area contributed by atoms with Crippen molar-refractivity contribution in [3.05, 3.63) is 59.7 Å². The molecule has 140 valence electrons. The van der Waals surface area contributed by atoms with Crippen LogP contribution in [0.15, 0.2) is 48.5 Å². The van der Waals surface area contributed by atoms with Gasteiger partial charge in [0.2, 0.25) is 0 Å². The third-order valence-electron chi connectivity index (χ3n) is 4.52.